The third-order valence-electron chi connectivity index (χ3n) is 5.44. The molecular formula is C17H25NO. The maximum absolute atomic E-state index is 6.27. The first-order chi connectivity index (χ1) is 9.17. The minimum absolute atomic E-state index is 0.272. The molecule has 0 spiro atoms. The van der Waals surface area contributed by atoms with Crippen LogP contribution < -0.4 is 10.1 Å². The molecule has 3 rings (SSSR count). The predicted octanol–water partition coefficient (Wildman–Crippen LogP) is 3.33. The van der Waals surface area contributed by atoms with Gasteiger partial charge in [0.2, 0.25) is 0 Å². The minimum Gasteiger partial charge on any atom is -0.490 e. The first-order valence-corrected chi connectivity index (χ1v) is 7.63. The second-order valence-corrected chi connectivity index (χ2v) is 6.33. The highest BCUT2D eigenvalue weighted by atomic mass is 16.5. The summed E-state index contributed by atoms with van der Waals surface area (Å²) < 4.78 is 6.27. The Kier molecular flexibility index (Phi) is 3.30. The maximum Gasteiger partial charge on any atom is 0.120 e. The molecular weight excluding hydrogens is 234 g/mol. The SMILES string of the molecule is CCC1(C)C(NC)CC1Oc1ccc2c(c1)CCC2. The van der Waals surface area contributed by atoms with E-state index < -0.39 is 0 Å². The molecule has 0 aromatic heterocycles. The van der Waals surface area contributed by atoms with E-state index in [4.69, 9.17) is 4.74 Å². The highest BCUT2D eigenvalue weighted by Gasteiger charge is 2.51. The summed E-state index contributed by atoms with van der Waals surface area (Å²) in [6.45, 7) is 4.61. The summed E-state index contributed by atoms with van der Waals surface area (Å²) >= 11 is 0. The van der Waals surface area contributed by atoms with Gasteiger partial charge in [0.25, 0.3) is 0 Å². The van der Waals surface area contributed by atoms with Gasteiger partial charge in [-0.25, -0.2) is 0 Å². The fourth-order valence-corrected chi connectivity index (χ4v) is 3.71. The van der Waals surface area contributed by atoms with Crippen molar-refractivity contribution in [2.45, 2.75) is 58.1 Å². The van der Waals surface area contributed by atoms with Gasteiger partial charge in [-0.1, -0.05) is 19.9 Å². The van der Waals surface area contributed by atoms with Crippen LogP contribution in [0.3, 0.4) is 0 Å². The number of hydrogen-bond acceptors (Lipinski definition) is 2. The molecule has 2 aliphatic rings. The Morgan fingerprint density at radius 1 is 1.32 bits per heavy atom. The first kappa shape index (κ1) is 13.0. The number of hydrogen-bond donors (Lipinski definition) is 1. The lowest BCUT2D eigenvalue weighted by Gasteiger charge is -2.53. The predicted molar refractivity (Wildman–Crippen MR) is 78.7 cm³/mol. The third kappa shape index (κ3) is 2.06. The van der Waals surface area contributed by atoms with E-state index in [-0.39, 0.29) is 5.41 Å². The third-order valence-corrected chi connectivity index (χ3v) is 5.44. The minimum atomic E-state index is 0.272. The van der Waals surface area contributed by atoms with Crippen LogP contribution in [0.2, 0.25) is 0 Å². The van der Waals surface area contributed by atoms with Gasteiger partial charge in [0.05, 0.1) is 0 Å². The van der Waals surface area contributed by atoms with Crippen LogP contribution in [0.1, 0.15) is 44.2 Å². The summed E-state index contributed by atoms with van der Waals surface area (Å²) in [5.41, 5.74) is 3.29. The average molecular weight is 259 g/mol. The summed E-state index contributed by atoms with van der Waals surface area (Å²) in [5, 5.41) is 3.42. The summed E-state index contributed by atoms with van der Waals surface area (Å²) in [7, 11) is 2.06. The number of aryl methyl sites for hydroxylation is 2. The van der Waals surface area contributed by atoms with Crippen molar-refractivity contribution >= 4 is 0 Å². The standard InChI is InChI=1S/C17H25NO/c1-4-17(2)15(18-3)11-16(17)19-14-9-8-12-6-5-7-13(12)10-14/h8-10,15-16,18H,4-7,11H2,1-3H3. The molecule has 3 unspecified atom stereocenters. The summed E-state index contributed by atoms with van der Waals surface area (Å²) in [4.78, 5) is 0. The molecule has 1 fully saturated rings. The number of rotatable bonds is 4. The van der Waals surface area contributed by atoms with Crippen molar-refractivity contribution < 1.29 is 4.74 Å². The molecule has 2 aliphatic carbocycles. The van der Waals surface area contributed by atoms with Gasteiger partial charge in [-0.2, -0.15) is 0 Å². The molecule has 0 amide bonds. The van der Waals surface area contributed by atoms with Crippen LogP contribution in [0, 0.1) is 5.41 Å². The molecule has 3 atom stereocenters. The van der Waals surface area contributed by atoms with E-state index >= 15 is 0 Å². The van der Waals surface area contributed by atoms with Crippen LogP contribution in [-0.2, 0) is 12.8 Å². The van der Waals surface area contributed by atoms with Crippen molar-refractivity contribution in [2.75, 3.05) is 7.05 Å². The van der Waals surface area contributed by atoms with Crippen LogP contribution in [-0.4, -0.2) is 19.2 Å². The van der Waals surface area contributed by atoms with Crippen LogP contribution in [0.15, 0.2) is 18.2 Å². The van der Waals surface area contributed by atoms with E-state index in [0.717, 1.165) is 18.6 Å². The lowest BCUT2D eigenvalue weighted by Crippen LogP contribution is -2.62. The Balaban J connectivity index is 1.72. The van der Waals surface area contributed by atoms with Crippen LogP contribution in [0.25, 0.3) is 0 Å². The fourth-order valence-electron chi connectivity index (χ4n) is 3.71. The molecule has 1 saturated carbocycles. The van der Waals surface area contributed by atoms with Crippen molar-refractivity contribution in [3.8, 4) is 5.75 Å². The Morgan fingerprint density at radius 3 is 2.84 bits per heavy atom. The van der Waals surface area contributed by atoms with Crippen molar-refractivity contribution in [1.29, 1.82) is 0 Å². The number of benzene rings is 1. The Labute approximate surface area is 116 Å². The van der Waals surface area contributed by atoms with Crippen LogP contribution >= 0.6 is 0 Å². The number of nitrogens with one attached hydrogen (secondary N) is 1. The molecule has 0 heterocycles. The van der Waals surface area contributed by atoms with Gasteiger partial charge in [0, 0.05) is 17.9 Å². The van der Waals surface area contributed by atoms with E-state index in [1.165, 1.54) is 30.4 Å². The zero-order chi connectivity index (χ0) is 13.5. The molecule has 1 N–H and O–H groups in total. The topological polar surface area (TPSA) is 21.3 Å². The van der Waals surface area contributed by atoms with Crippen LogP contribution in [0.5, 0.6) is 5.75 Å². The van der Waals surface area contributed by atoms with Crippen molar-refractivity contribution in [3.63, 3.8) is 0 Å². The molecule has 1 aromatic carbocycles. The van der Waals surface area contributed by atoms with E-state index in [0.29, 0.717) is 12.1 Å². The van der Waals surface area contributed by atoms with Crippen molar-refractivity contribution in [2.24, 2.45) is 5.41 Å². The zero-order valence-electron chi connectivity index (χ0n) is 12.3. The summed E-state index contributed by atoms with van der Waals surface area (Å²) in [5.74, 6) is 1.07. The molecule has 0 bridgehead atoms. The molecule has 2 nitrogen and oxygen atoms in total. The van der Waals surface area contributed by atoms with Crippen molar-refractivity contribution in [1.82, 2.24) is 5.32 Å². The van der Waals surface area contributed by atoms with Gasteiger partial charge in [0.15, 0.2) is 0 Å². The molecule has 1 aromatic rings. The molecule has 0 saturated heterocycles. The van der Waals surface area contributed by atoms with E-state index in [9.17, 15) is 0 Å². The number of ether oxygens (including phenoxy) is 1. The fraction of sp³-hybridized carbons (Fsp3) is 0.647. The highest BCUT2D eigenvalue weighted by Crippen LogP contribution is 2.46. The van der Waals surface area contributed by atoms with E-state index in [2.05, 4.69) is 44.4 Å². The van der Waals surface area contributed by atoms with Crippen LogP contribution in [0.4, 0.5) is 0 Å². The molecule has 104 valence electrons. The average Bonchev–Trinajstić information content (AvgIpc) is 2.89. The first-order valence-electron chi connectivity index (χ1n) is 7.63. The highest BCUT2D eigenvalue weighted by molar-refractivity contribution is 5.38. The summed E-state index contributed by atoms with van der Waals surface area (Å²) in [6, 6.07) is 7.28. The Hall–Kier alpha value is -1.02. The van der Waals surface area contributed by atoms with Gasteiger partial charge in [-0.3, -0.25) is 0 Å². The normalized spacial score (nSPS) is 32.8. The molecule has 19 heavy (non-hydrogen) atoms. The Morgan fingerprint density at radius 2 is 2.11 bits per heavy atom. The molecule has 0 radical (unpaired) electrons. The monoisotopic (exact) mass is 259 g/mol. The number of fused-ring (bicyclic) bond motifs is 1. The molecule has 2 heteroatoms. The van der Waals surface area contributed by atoms with E-state index in [1.807, 2.05) is 0 Å². The lowest BCUT2D eigenvalue weighted by molar-refractivity contribution is -0.0677. The second kappa shape index (κ2) is 4.82. The van der Waals surface area contributed by atoms with Gasteiger partial charge >= 0.3 is 0 Å². The summed E-state index contributed by atoms with van der Waals surface area (Å²) in [6.07, 6.45) is 6.41. The molecule has 0 aliphatic heterocycles. The van der Waals surface area contributed by atoms with Gasteiger partial charge in [-0.05, 0) is 56.0 Å². The van der Waals surface area contributed by atoms with E-state index in [1.54, 1.807) is 0 Å². The smallest absolute Gasteiger partial charge is 0.120 e. The largest absolute Gasteiger partial charge is 0.490 e. The van der Waals surface area contributed by atoms with Gasteiger partial charge < -0.3 is 10.1 Å². The maximum atomic E-state index is 6.27. The quantitative estimate of drug-likeness (QED) is 0.895. The van der Waals surface area contributed by atoms with Gasteiger partial charge in [-0.15, -0.1) is 0 Å². The Bertz CT molecular complexity index is 470. The van der Waals surface area contributed by atoms with Gasteiger partial charge in [0.1, 0.15) is 11.9 Å². The lowest BCUT2D eigenvalue weighted by atomic mass is 9.61. The zero-order valence-corrected chi connectivity index (χ0v) is 12.3. The van der Waals surface area contributed by atoms with Crippen molar-refractivity contribution in [3.05, 3.63) is 29.3 Å². The second-order valence-electron chi connectivity index (χ2n) is 6.33.